The molecule has 21 heavy (non-hydrogen) atoms. The highest BCUT2D eigenvalue weighted by Gasteiger charge is 2.19. The summed E-state index contributed by atoms with van der Waals surface area (Å²) in [5.74, 6) is 0. The fraction of sp³-hybridized carbons (Fsp3) is 0.400. The maximum Gasteiger partial charge on any atom is 0.153 e. The summed E-state index contributed by atoms with van der Waals surface area (Å²) in [4.78, 5) is 6.58. The molecule has 3 aromatic rings. The summed E-state index contributed by atoms with van der Waals surface area (Å²) in [6.45, 7) is 2.28. The normalized spacial score (nSPS) is 17.6. The molecule has 6 heteroatoms. The summed E-state index contributed by atoms with van der Waals surface area (Å²) < 4.78 is 3.89. The lowest BCUT2D eigenvalue weighted by molar-refractivity contribution is 0.212. The van der Waals surface area contributed by atoms with E-state index in [9.17, 15) is 0 Å². The third-order valence-electron chi connectivity index (χ3n) is 4.21. The van der Waals surface area contributed by atoms with Gasteiger partial charge in [0.05, 0.1) is 17.9 Å². The van der Waals surface area contributed by atoms with E-state index in [0.717, 1.165) is 42.8 Å². The second-order valence-electron chi connectivity index (χ2n) is 5.69. The van der Waals surface area contributed by atoms with E-state index in [-0.39, 0.29) is 0 Å². The first-order valence-electron chi connectivity index (χ1n) is 7.33. The van der Waals surface area contributed by atoms with Gasteiger partial charge in [0.1, 0.15) is 0 Å². The van der Waals surface area contributed by atoms with Gasteiger partial charge in [-0.3, -0.25) is 4.68 Å². The molecule has 0 aromatic carbocycles. The molecule has 0 bridgehead atoms. The Balaban J connectivity index is 1.61. The van der Waals surface area contributed by atoms with Crippen molar-refractivity contribution >= 4 is 5.65 Å². The standard InChI is InChI=1S/C15H18N6/c1-19-7-4-13(5-8-19)21-11-12(10-17-21)14-2-3-15-16-6-9-20(15)18-14/h2-3,6,9-11,13H,4-5,7-8H2,1H3. The molecule has 0 unspecified atom stereocenters. The summed E-state index contributed by atoms with van der Waals surface area (Å²) in [7, 11) is 2.18. The molecule has 0 atom stereocenters. The molecule has 1 fully saturated rings. The zero-order valence-electron chi connectivity index (χ0n) is 12.1. The summed E-state index contributed by atoms with van der Waals surface area (Å²) in [5, 5.41) is 9.11. The number of piperidine rings is 1. The number of likely N-dealkylation sites (tertiary alicyclic amines) is 1. The number of aromatic nitrogens is 5. The van der Waals surface area contributed by atoms with Crippen LogP contribution in [-0.4, -0.2) is 49.4 Å². The molecule has 1 aliphatic heterocycles. The minimum absolute atomic E-state index is 0.506. The van der Waals surface area contributed by atoms with Crippen LogP contribution in [0, 0.1) is 0 Å². The van der Waals surface area contributed by atoms with Crippen molar-refractivity contribution in [2.45, 2.75) is 18.9 Å². The van der Waals surface area contributed by atoms with Crippen LogP contribution in [0.2, 0.25) is 0 Å². The Morgan fingerprint density at radius 3 is 2.90 bits per heavy atom. The van der Waals surface area contributed by atoms with Gasteiger partial charge in [-0.1, -0.05) is 0 Å². The summed E-state index contributed by atoms with van der Waals surface area (Å²) in [6, 6.07) is 4.49. The minimum Gasteiger partial charge on any atom is -0.306 e. The fourth-order valence-corrected chi connectivity index (χ4v) is 2.90. The van der Waals surface area contributed by atoms with E-state index in [1.807, 2.05) is 24.5 Å². The van der Waals surface area contributed by atoms with E-state index in [1.54, 1.807) is 10.7 Å². The molecule has 0 radical (unpaired) electrons. The van der Waals surface area contributed by atoms with Gasteiger partial charge in [-0.2, -0.15) is 10.2 Å². The van der Waals surface area contributed by atoms with Crippen molar-refractivity contribution in [1.29, 1.82) is 0 Å². The van der Waals surface area contributed by atoms with Crippen LogP contribution in [0.3, 0.4) is 0 Å². The van der Waals surface area contributed by atoms with Gasteiger partial charge in [-0.05, 0) is 45.1 Å². The van der Waals surface area contributed by atoms with E-state index < -0.39 is 0 Å². The van der Waals surface area contributed by atoms with Crippen molar-refractivity contribution < 1.29 is 0 Å². The molecule has 108 valence electrons. The Labute approximate surface area is 123 Å². The number of nitrogens with zero attached hydrogens (tertiary/aromatic N) is 6. The molecular weight excluding hydrogens is 264 g/mol. The highest BCUT2D eigenvalue weighted by atomic mass is 15.3. The molecule has 1 aliphatic rings. The van der Waals surface area contributed by atoms with Gasteiger partial charge in [0.15, 0.2) is 5.65 Å². The number of hydrogen-bond acceptors (Lipinski definition) is 4. The second-order valence-corrected chi connectivity index (χ2v) is 5.69. The van der Waals surface area contributed by atoms with E-state index in [4.69, 9.17) is 0 Å². The number of imidazole rings is 1. The molecule has 0 saturated carbocycles. The van der Waals surface area contributed by atoms with Crippen LogP contribution >= 0.6 is 0 Å². The van der Waals surface area contributed by atoms with Crippen LogP contribution in [0.1, 0.15) is 18.9 Å². The van der Waals surface area contributed by atoms with Gasteiger partial charge in [0, 0.05) is 24.2 Å². The highest BCUT2D eigenvalue weighted by Crippen LogP contribution is 2.24. The quantitative estimate of drug-likeness (QED) is 0.720. The van der Waals surface area contributed by atoms with Gasteiger partial charge < -0.3 is 4.90 Å². The molecule has 6 nitrogen and oxygen atoms in total. The van der Waals surface area contributed by atoms with Crippen LogP contribution in [0.5, 0.6) is 0 Å². The topological polar surface area (TPSA) is 51.2 Å². The van der Waals surface area contributed by atoms with Gasteiger partial charge in [-0.25, -0.2) is 9.50 Å². The van der Waals surface area contributed by atoms with Crippen molar-refractivity contribution in [3.8, 4) is 11.3 Å². The SMILES string of the molecule is CN1CCC(n2cc(-c3ccc4nccn4n3)cn2)CC1. The van der Waals surface area contributed by atoms with E-state index >= 15 is 0 Å². The summed E-state index contributed by atoms with van der Waals surface area (Å²) in [5.41, 5.74) is 2.85. The van der Waals surface area contributed by atoms with E-state index in [0.29, 0.717) is 6.04 Å². The zero-order chi connectivity index (χ0) is 14.2. The van der Waals surface area contributed by atoms with Gasteiger partial charge >= 0.3 is 0 Å². The third kappa shape index (κ3) is 2.31. The Bertz CT molecular complexity index is 750. The first-order valence-corrected chi connectivity index (χ1v) is 7.33. The smallest absolute Gasteiger partial charge is 0.153 e. The predicted molar refractivity (Wildman–Crippen MR) is 80.0 cm³/mol. The minimum atomic E-state index is 0.506. The molecular formula is C15H18N6. The number of hydrogen-bond donors (Lipinski definition) is 0. The first kappa shape index (κ1) is 12.5. The Hall–Kier alpha value is -2.21. The summed E-state index contributed by atoms with van der Waals surface area (Å²) in [6.07, 6.45) is 9.95. The number of rotatable bonds is 2. The molecule has 0 spiro atoms. The molecule has 3 aromatic heterocycles. The molecule has 4 rings (SSSR count). The molecule has 0 N–H and O–H groups in total. The fourth-order valence-electron chi connectivity index (χ4n) is 2.90. The Morgan fingerprint density at radius 2 is 2.05 bits per heavy atom. The maximum absolute atomic E-state index is 4.57. The summed E-state index contributed by atoms with van der Waals surface area (Å²) >= 11 is 0. The van der Waals surface area contributed by atoms with Gasteiger partial charge in [-0.15, -0.1) is 0 Å². The van der Waals surface area contributed by atoms with E-state index in [1.165, 1.54) is 0 Å². The lowest BCUT2D eigenvalue weighted by Crippen LogP contribution is -2.31. The van der Waals surface area contributed by atoms with Crippen molar-refractivity contribution in [1.82, 2.24) is 29.3 Å². The van der Waals surface area contributed by atoms with Crippen LogP contribution in [0.4, 0.5) is 0 Å². The van der Waals surface area contributed by atoms with Crippen molar-refractivity contribution in [2.24, 2.45) is 0 Å². The lowest BCUT2D eigenvalue weighted by Gasteiger charge is -2.28. The Morgan fingerprint density at radius 1 is 1.19 bits per heavy atom. The van der Waals surface area contributed by atoms with Crippen LogP contribution in [0.15, 0.2) is 36.9 Å². The average Bonchev–Trinajstić information content (AvgIpc) is 3.16. The monoisotopic (exact) mass is 282 g/mol. The van der Waals surface area contributed by atoms with Gasteiger partial charge in [0.25, 0.3) is 0 Å². The molecule has 0 aliphatic carbocycles. The van der Waals surface area contributed by atoms with Crippen molar-refractivity contribution in [3.05, 3.63) is 36.9 Å². The largest absolute Gasteiger partial charge is 0.306 e. The Kier molecular flexibility index (Phi) is 2.96. The van der Waals surface area contributed by atoms with Crippen molar-refractivity contribution in [2.75, 3.05) is 20.1 Å². The molecule has 0 amide bonds. The molecule has 4 heterocycles. The average molecular weight is 282 g/mol. The maximum atomic E-state index is 4.57. The lowest BCUT2D eigenvalue weighted by atomic mass is 10.1. The predicted octanol–water partition coefficient (Wildman–Crippen LogP) is 1.86. The zero-order valence-corrected chi connectivity index (χ0v) is 12.1. The van der Waals surface area contributed by atoms with Crippen molar-refractivity contribution in [3.63, 3.8) is 0 Å². The van der Waals surface area contributed by atoms with Gasteiger partial charge in [0.2, 0.25) is 0 Å². The number of fused-ring (bicyclic) bond motifs is 1. The molecule has 1 saturated heterocycles. The van der Waals surface area contributed by atoms with E-state index in [2.05, 4.69) is 38.0 Å². The third-order valence-corrected chi connectivity index (χ3v) is 4.21. The first-order chi connectivity index (χ1) is 10.3. The van der Waals surface area contributed by atoms with Crippen LogP contribution in [-0.2, 0) is 0 Å². The second kappa shape index (κ2) is 4.96. The highest BCUT2D eigenvalue weighted by molar-refractivity contribution is 5.58. The van der Waals surface area contributed by atoms with Crippen LogP contribution < -0.4 is 0 Å². The van der Waals surface area contributed by atoms with Crippen LogP contribution in [0.25, 0.3) is 16.9 Å².